The van der Waals surface area contributed by atoms with Gasteiger partial charge in [-0.2, -0.15) is 0 Å². The molecule has 0 amide bonds. The zero-order chi connectivity index (χ0) is 13.7. The lowest BCUT2D eigenvalue weighted by molar-refractivity contribution is -0.867. The molecule has 19 heavy (non-hydrogen) atoms. The van der Waals surface area contributed by atoms with Crippen LogP contribution < -0.4 is 0 Å². The zero-order valence-electron chi connectivity index (χ0n) is 12.9. The van der Waals surface area contributed by atoms with Crippen molar-refractivity contribution < 1.29 is 4.65 Å². The molecule has 3 nitrogen and oxygen atoms in total. The molecule has 0 unspecified atom stereocenters. The lowest BCUT2D eigenvalue weighted by Crippen LogP contribution is -2.45. The normalized spacial score (nSPS) is 34.6. The number of hydrogen-bond donors (Lipinski definition) is 0. The van der Waals surface area contributed by atoms with Gasteiger partial charge in [-0.3, -0.25) is 0 Å². The van der Waals surface area contributed by atoms with E-state index in [1.165, 1.54) is 51.7 Å². The highest BCUT2D eigenvalue weighted by Gasteiger charge is 2.24. The van der Waals surface area contributed by atoms with Crippen molar-refractivity contribution in [3.05, 3.63) is 5.21 Å². The minimum Gasteiger partial charge on any atom is -0.633 e. The number of hydrogen-bond acceptors (Lipinski definition) is 2. The molecule has 2 rings (SSSR count). The zero-order valence-corrected chi connectivity index (χ0v) is 12.9. The second kappa shape index (κ2) is 7.05. The SMILES string of the molecule is CCCC1CCN(CCC2CC[N+](C)([O-])CC2)CC1. The number of piperidine rings is 2. The summed E-state index contributed by atoms with van der Waals surface area (Å²) in [5.74, 6) is 1.81. The van der Waals surface area contributed by atoms with Crippen molar-refractivity contribution in [3.63, 3.8) is 0 Å². The van der Waals surface area contributed by atoms with Gasteiger partial charge in [0.25, 0.3) is 0 Å². The summed E-state index contributed by atoms with van der Waals surface area (Å²) in [4.78, 5) is 2.66. The monoisotopic (exact) mass is 268 g/mol. The molecule has 2 fully saturated rings. The van der Waals surface area contributed by atoms with E-state index in [4.69, 9.17) is 0 Å². The van der Waals surface area contributed by atoms with Crippen LogP contribution in [-0.2, 0) is 0 Å². The van der Waals surface area contributed by atoms with Crippen molar-refractivity contribution in [1.82, 2.24) is 4.90 Å². The summed E-state index contributed by atoms with van der Waals surface area (Å²) < 4.78 is -0.00108. The quantitative estimate of drug-likeness (QED) is 0.565. The average Bonchev–Trinajstić information content (AvgIpc) is 2.40. The molecule has 0 atom stereocenters. The van der Waals surface area contributed by atoms with Gasteiger partial charge >= 0.3 is 0 Å². The maximum Gasteiger partial charge on any atom is 0.0784 e. The number of nitrogens with zero attached hydrogens (tertiary/aromatic N) is 2. The first-order valence-electron chi connectivity index (χ1n) is 8.37. The van der Waals surface area contributed by atoms with E-state index >= 15 is 0 Å². The molecule has 0 aromatic carbocycles. The van der Waals surface area contributed by atoms with Crippen LogP contribution in [0, 0.1) is 17.0 Å². The molecular weight excluding hydrogens is 236 g/mol. The van der Waals surface area contributed by atoms with Gasteiger partial charge in [-0.05, 0) is 63.6 Å². The standard InChI is InChI=1S/C16H32N2O/c1-3-4-15-5-10-17(11-6-15)12-7-16-8-13-18(2,19)14-9-16/h15-16H,3-14H2,1-2H3. The third-order valence-electron chi connectivity index (χ3n) is 5.28. The number of quaternary nitrogens is 1. The minimum absolute atomic E-state index is 0.00108. The molecule has 0 N–H and O–H groups in total. The van der Waals surface area contributed by atoms with Crippen LogP contribution in [0.4, 0.5) is 0 Å². The fourth-order valence-electron chi connectivity index (χ4n) is 3.73. The van der Waals surface area contributed by atoms with Crippen LogP contribution in [-0.4, -0.2) is 49.3 Å². The Morgan fingerprint density at radius 1 is 1.00 bits per heavy atom. The Kier molecular flexibility index (Phi) is 5.67. The highest BCUT2D eigenvalue weighted by molar-refractivity contribution is 4.74. The fourth-order valence-corrected chi connectivity index (χ4v) is 3.73. The van der Waals surface area contributed by atoms with E-state index in [0.29, 0.717) is 0 Å². The first-order chi connectivity index (χ1) is 9.09. The van der Waals surface area contributed by atoms with Gasteiger partial charge < -0.3 is 14.8 Å². The molecule has 0 spiro atoms. The third kappa shape index (κ3) is 5.05. The highest BCUT2D eigenvalue weighted by Crippen LogP contribution is 2.26. The molecule has 2 heterocycles. The summed E-state index contributed by atoms with van der Waals surface area (Å²) in [5, 5.41) is 11.8. The molecule has 0 radical (unpaired) electrons. The van der Waals surface area contributed by atoms with Gasteiger partial charge in [-0.1, -0.05) is 19.8 Å². The molecule has 0 aromatic heterocycles. The van der Waals surface area contributed by atoms with Crippen LogP contribution >= 0.6 is 0 Å². The first kappa shape index (κ1) is 15.3. The van der Waals surface area contributed by atoms with Gasteiger partial charge in [-0.15, -0.1) is 0 Å². The second-order valence-electron chi connectivity index (χ2n) is 7.05. The highest BCUT2D eigenvalue weighted by atomic mass is 16.5. The Labute approximate surface area is 119 Å². The minimum atomic E-state index is -0.00108. The first-order valence-corrected chi connectivity index (χ1v) is 8.37. The van der Waals surface area contributed by atoms with Crippen LogP contribution in [0.2, 0.25) is 0 Å². The van der Waals surface area contributed by atoms with Crippen molar-refractivity contribution >= 4 is 0 Å². The molecule has 2 aliphatic rings. The number of hydroxylamine groups is 3. The van der Waals surface area contributed by atoms with Crippen LogP contribution in [0.15, 0.2) is 0 Å². The fraction of sp³-hybridized carbons (Fsp3) is 1.00. The Morgan fingerprint density at radius 2 is 1.58 bits per heavy atom. The van der Waals surface area contributed by atoms with E-state index in [1.807, 2.05) is 7.05 Å². The Hall–Kier alpha value is -0.120. The Bertz CT molecular complexity index is 249. The van der Waals surface area contributed by atoms with Crippen LogP contribution in [0.25, 0.3) is 0 Å². The van der Waals surface area contributed by atoms with Crippen molar-refractivity contribution in [1.29, 1.82) is 0 Å². The Morgan fingerprint density at radius 3 is 2.16 bits per heavy atom. The lowest BCUT2D eigenvalue weighted by atomic mass is 9.90. The van der Waals surface area contributed by atoms with Crippen molar-refractivity contribution in [2.45, 2.75) is 51.9 Å². The smallest absolute Gasteiger partial charge is 0.0784 e. The second-order valence-corrected chi connectivity index (χ2v) is 7.05. The molecule has 2 saturated heterocycles. The molecule has 3 heteroatoms. The van der Waals surface area contributed by atoms with E-state index < -0.39 is 0 Å². The number of rotatable bonds is 5. The molecule has 0 saturated carbocycles. The Balaban J connectivity index is 1.59. The molecular formula is C16H32N2O. The van der Waals surface area contributed by atoms with E-state index in [1.54, 1.807) is 0 Å². The summed E-state index contributed by atoms with van der Waals surface area (Å²) >= 11 is 0. The van der Waals surface area contributed by atoms with Gasteiger partial charge in [0.15, 0.2) is 0 Å². The van der Waals surface area contributed by atoms with Gasteiger partial charge in [0.2, 0.25) is 0 Å². The van der Waals surface area contributed by atoms with Crippen LogP contribution in [0.3, 0.4) is 0 Å². The maximum atomic E-state index is 11.8. The van der Waals surface area contributed by atoms with E-state index in [-0.39, 0.29) is 4.65 Å². The molecule has 0 bridgehead atoms. The third-order valence-corrected chi connectivity index (χ3v) is 5.28. The van der Waals surface area contributed by atoms with Gasteiger partial charge in [-0.25, -0.2) is 0 Å². The van der Waals surface area contributed by atoms with Crippen molar-refractivity contribution in [2.75, 3.05) is 39.8 Å². The maximum absolute atomic E-state index is 11.8. The topological polar surface area (TPSA) is 26.3 Å². The largest absolute Gasteiger partial charge is 0.633 e. The van der Waals surface area contributed by atoms with E-state index in [9.17, 15) is 5.21 Å². The average molecular weight is 268 g/mol. The summed E-state index contributed by atoms with van der Waals surface area (Å²) in [7, 11) is 1.83. The molecule has 0 aliphatic carbocycles. The van der Waals surface area contributed by atoms with E-state index in [0.717, 1.165) is 37.8 Å². The van der Waals surface area contributed by atoms with Crippen molar-refractivity contribution in [2.24, 2.45) is 11.8 Å². The molecule has 112 valence electrons. The van der Waals surface area contributed by atoms with Gasteiger partial charge in [0.1, 0.15) is 0 Å². The van der Waals surface area contributed by atoms with Gasteiger partial charge in [0, 0.05) is 0 Å². The van der Waals surface area contributed by atoms with Crippen molar-refractivity contribution in [3.8, 4) is 0 Å². The van der Waals surface area contributed by atoms with Crippen LogP contribution in [0.5, 0.6) is 0 Å². The van der Waals surface area contributed by atoms with E-state index in [2.05, 4.69) is 11.8 Å². The summed E-state index contributed by atoms with van der Waals surface area (Å²) in [6, 6.07) is 0. The van der Waals surface area contributed by atoms with Gasteiger partial charge in [0.05, 0.1) is 20.1 Å². The summed E-state index contributed by atoms with van der Waals surface area (Å²) in [5.41, 5.74) is 0. The lowest BCUT2D eigenvalue weighted by Gasteiger charge is -2.44. The summed E-state index contributed by atoms with van der Waals surface area (Å²) in [6.45, 7) is 7.87. The molecule has 0 aromatic rings. The predicted molar refractivity (Wildman–Crippen MR) is 80.7 cm³/mol. The predicted octanol–water partition coefficient (Wildman–Crippen LogP) is 3.24. The number of likely N-dealkylation sites (tertiary alicyclic amines) is 2. The summed E-state index contributed by atoms with van der Waals surface area (Å²) in [6.07, 6.45) is 9.20. The molecule has 2 aliphatic heterocycles. The van der Waals surface area contributed by atoms with Crippen LogP contribution in [0.1, 0.15) is 51.9 Å².